The Bertz CT molecular complexity index is 705. The van der Waals surface area contributed by atoms with E-state index >= 15 is 0 Å². The average molecular weight is 328 g/mol. The summed E-state index contributed by atoms with van der Waals surface area (Å²) in [7, 11) is 1.57. The van der Waals surface area contributed by atoms with Crippen molar-refractivity contribution in [1.82, 2.24) is 15.3 Å². The number of carbonyl (C=O) groups excluding carboxylic acids is 1. The van der Waals surface area contributed by atoms with Gasteiger partial charge in [0.05, 0.1) is 25.0 Å². The van der Waals surface area contributed by atoms with Crippen LogP contribution in [0.1, 0.15) is 23.7 Å². The minimum atomic E-state index is -0.270. The summed E-state index contributed by atoms with van der Waals surface area (Å²) in [4.78, 5) is 20.5. The average Bonchev–Trinajstić information content (AvgIpc) is 3.05. The fourth-order valence-electron chi connectivity index (χ4n) is 2.67. The quantitative estimate of drug-likeness (QED) is 0.900. The van der Waals surface area contributed by atoms with Gasteiger partial charge in [0.1, 0.15) is 6.10 Å². The summed E-state index contributed by atoms with van der Waals surface area (Å²) in [5.74, 6) is 0.547. The number of urea groups is 1. The van der Waals surface area contributed by atoms with Crippen molar-refractivity contribution in [3.63, 3.8) is 0 Å². The van der Waals surface area contributed by atoms with Crippen LogP contribution in [-0.2, 0) is 4.74 Å². The number of pyridine rings is 2. The smallest absolute Gasteiger partial charge is 0.319 e. The normalized spacial score (nSPS) is 19.8. The molecule has 2 aromatic rings. The molecule has 0 saturated carbocycles. The van der Waals surface area contributed by atoms with Gasteiger partial charge in [0, 0.05) is 30.6 Å². The Morgan fingerprint density at radius 3 is 2.92 bits per heavy atom. The zero-order valence-electron chi connectivity index (χ0n) is 13.7. The number of amides is 2. The first kappa shape index (κ1) is 16.2. The number of anilines is 1. The van der Waals surface area contributed by atoms with Crippen LogP contribution >= 0.6 is 0 Å². The molecule has 1 aliphatic heterocycles. The molecule has 1 saturated heterocycles. The second-order valence-corrected chi connectivity index (χ2v) is 5.61. The lowest BCUT2D eigenvalue weighted by atomic mass is 10.0. The summed E-state index contributed by atoms with van der Waals surface area (Å²) in [5.41, 5.74) is 2.56. The first-order valence-electron chi connectivity index (χ1n) is 7.77. The summed E-state index contributed by atoms with van der Waals surface area (Å²) in [6, 6.07) is 5.15. The molecular weight excluding hydrogens is 308 g/mol. The standard InChI is InChI=1S/C17H20N4O3/c1-11-5-7-18-10-14(11)21-17(22)20-13-6-8-24-16(13)12-3-4-15(23-2)19-9-12/h3-5,7,9-10,13,16H,6,8H2,1-2H3,(H2,20,21,22)/t13-,16+/m0/s1. The van der Waals surface area contributed by atoms with Gasteiger partial charge in [0.25, 0.3) is 0 Å². The van der Waals surface area contributed by atoms with Crippen LogP contribution < -0.4 is 15.4 Å². The monoisotopic (exact) mass is 328 g/mol. The lowest BCUT2D eigenvalue weighted by Gasteiger charge is -2.20. The molecule has 1 fully saturated rings. The van der Waals surface area contributed by atoms with Gasteiger partial charge >= 0.3 is 6.03 Å². The van der Waals surface area contributed by atoms with E-state index in [1.165, 1.54) is 0 Å². The maximum atomic E-state index is 12.3. The van der Waals surface area contributed by atoms with E-state index in [9.17, 15) is 4.79 Å². The maximum Gasteiger partial charge on any atom is 0.319 e. The first-order valence-corrected chi connectivity index (χ1v) is 7.77. The highest BCUT2D eigenvalue weighted by molar-refractivity contribution is 5.90. The van der Waals surface area contributed by atoms with Gasteiger partial charge in [-0.2, -0.15) is 0 Å². The molecule has 0 aromatic carbocycles. The zero-order valence-corrected chi connectivity index (χ0v) is 13.7. The number of methoxy groups -OCH3 is 1. The Kier molecular flexibility index (Phi) is 4.90. The number of nitrogens with zero attached hydrogens (tertiary/aromatic N) is 2. The third-order valence-electron chi connectivity index (χ3n) is 3.99. The minimum absolute atomic E-state index is 0.114. The van der Waals surface area contributed by atoms with E-state index in [0.717, 1.165) is 17.5 Å². The van der Waals surface area contributed by atoms with Gasteiger partial charge in [-0.1, -0.05) is 0 Å². The van der Waals surface area contributed by atoms with Crippen molar-refractivity contribution >= 4 is 11.7 Å². The van der Waals surface area contributed by atoms with Crippen LogP contribution in [0.25, 0.3) is 0 Å². The van der Waals surface area contributed by atoms with E-state index in [1.54, 1.807) is 31.8 Å². The molecule has 2 aromatic heterocycles. The summed E-state index contributed by atoms with van der Waals surface area (Å²) >= 11 is 0. The van der Waals surface area contributed by atoms with Crippen molar-refractivity contribution in [1.29, 1.82) is 0 Å². The zero-order chi connectivity index (χ0) is 16.9. The van der Waals surface area contributed by atoms with Crippen molar-refractivity contribution in [2.45, 2.75) is 25.5 Å². The van der Waals surface area contributed by atoms with Crippen LogP contribution in [-0.4, -0.2) is 35.8 Å². The summed E-state index contributed by atoms with van der Waals surface area (Å²) in [6.07, 6.45) is 5.56. The Hall–Kier alpha value is -2.67. The molecule has 2 amide bonds. The van der Waals surface area contributed by atoms with Gasteiger partial charge in [0.15, 0.2) is 0 Å². The fourth-order valence-corrected chi connectivity index (χ4v) is 2.67. The topological polar surface area (TPSA) is 85.4 Å². The van der Waals surface area contributed by atoms with Crippen LogP contribution in [0.5, 0.6) is 5.88 Å². The van der Waals surface area contributed by atoms with E-state index in [2.05, 4.69) is 20.6 Å². The molecule has 24 heavy (non-hydrogen) atoms. The molecular formula is C17H20N4O3. The molecule has 0 spiro atoms. The maximum absolute atomic E-state index is 12.3. The van der Waals surface area contributed by atoms with Crippen LogP contribution in [0.3, 0.4) is 0 Å². The van der Waals surface area contributed by atoms with Gasteiger partial charge in [0.2, 0.25) is 5.88 Å². The third-order valence-corrected chi connectivity index (χ3v) is 3.99. The highest BCUT2D eigenvalue weighted by Gasteiger charge is 2.31. The van der Waals surface area contributed by atoms with Crippen molar-refractivity contribution in [2.24, 2.45) is 0 Å². The van der Waals surface area contributed by atoms with Crippen molar-refractivity contribution in [3.8, 4) is 5.88 Å². The largest absolute Gasteiger partial charge is 0.481 e. The number of ether oxygens (including phenoxy) is 2. The van der Waals surface area contributed by atoms with E-state index < -0.39 is 0 Å². The third kappa shape index (κ3) is 3.62. The number of nitrogens with one attached hydrogen (secondary N) is 2. The summed E-state index contributed by atoms with van der Waals surface area (Å²) < 4.78 is 10.8. The molecule has 1 aliphatic rings. The van der Waals surface area contributed by atoms with Gasteiger partial charge in [-0.15, -0.1) is 0 Å². The number of hydrogen-bond acceptors (Lipinski definition) is 5. The predicted octanol–water partition coefficient (Wildman–Crippen LogP) is 2.45. The lowest BCUT2D eigenvalue weighted by molar-refractivity contribution is 0.100. The molecule has 0 unspecified atom stereocenters. The second-order valence-electron chi connectivity index (χ2n) is 5.61. The number of hydrogen-bond donors (Lipinski definition) is 2. The van der Waals surface area contributed by atoms with E-state index in [1.807, 2.05) is 19.1 Å². The highest BCUT2D eigenvalue weighted by atomic mass is 16.5. The minimum Gasteiger partial charge on any atom is -0.481 e. The van der Waals surface area contributed by atoms with Crippen LogP contribution in [0.15, 0.2) is 36.8 Å². The molecule has 0 bridgehead atoms. The Morgan fingerprint density at radius 2 is 2.21 bits per heavy atom. The van der Waals surface area contributed by atoms with Crippen molar-refractivity contribution in [3.05, 3.63) is 47.9 Å². The van der Waals surface area contributed by atoms with Crippen LogP contribution in [0.2, 0.25) is 0 Å². The lowest BCUT2D eigenvalue weighted by Crippen LogP contribution is -2.39. The summed E-state index contributed by atoms with van der Waals surface area (Å²) in [5, 5.41) is 5.79. The predicted molar refractivity (Wildman–Crippen MR) is 89.0 cm³/mol. The summed E-state index contributed by atoms with van der Waals surface area (Å²) in [6.45, 7) is 2.51. The number of aryl methyl sites for hydroxylation is 1. The van der Waals surface area contributed by atoms with Crippen molar-refractivity contribution in [2.75, 3.05) is 19.0 Å². The van der Waals surface area contributed by atoms with Crippen LogP contribution in [0, 0.1) is 6.92 Å². The Labute approximate surface area is 140 Å². The van der Waals surface area contributed by atoms with Gasteiger partial charge in [-0.25, -0.2) is 9.78 Å². The van der Waals surface area contributed by atoms with E-state index in [-0.39, 0.29) is 18.2 Å². The van der Waals surface area contributed by atoms with E-state index in [4.69, 9.17) is 9.47 Å². The van der Waals surface area contributed by atoms with Gasteiger partial charge in [-0.3, -0.25) is 4.98 Å². The fraction of sp³-hybridized carbons (Fsp3) is 0.353. The molecule has 126 valence electrons. The number of carbonyl (C=O) groups is 1. The first-order chi connectivity index (χ1) is 11.7. The van der Waals surface area contributed by atoms with Gasteiger partial charge < -0.3 is 20.1 Å². The highest BCUT2D eigenvalue weighted by Crippen LogP contribution is 2.29. The molecule has 2 N–H and O–H groups in total. The number of aromatic nitrogens is 2. The van der Waals surface area contributed by atoms with Gasteiger partial charge in [-0.05, 0) is 31.0 Å². The Balaban J connectivity index is 1.65. The molecule has 0 aliphatic carbocycles. The van der Waals surface area contributed by atoms with E-state index in [0.29, 0.717) is 18.2 Å². The van der Waals surface area contributed by atoms with Crippen molar-refractivity contribution < 1.29 is 14.3 Å². The second kappa shape index (κ2) is 7.27. The molecule has 7 heteroatoms. The Morgan fingerprint density at radius 1 is 1.33 bits per heavy atom. The molecule has 0 radical (unpaired) electrons. The van der Waals surface area contributed by atoms with Crippen LogP contribution in [0.4, 0.5) is 10.5 Å². The molecule has 3 rings (SSSR count). The molecule has 2 atom stereocenters. The SMILES string of the molecule is COc1ccc([C@H]2OCC[C@@H]2NC(=O)Nc2cnccc2C)cn1. The molecule has 3 heterocycles. The molecule has 7 nitrogen and oxygen atoms in total. The number of rotatable bonds is 4.